The molecule has 0 saturated heterocycles. The van der Waals surface area contributed by atoms with Crippen molar-refractivity contribution in [2.45, 2.75) is 27.7 Å². The number of benzene rings is 1. The Morgan fingerprint density at radius 1 is 0.857 bits per heavy atom. The van der Waals surface area contributed by atoms with Crippen molar-refractivity contribution in [3.05, 3.63) is 35.4 Å². The molecule has 1 rings (SSSR count). The first-order valence-electron chi connectivity index (χ1n) is 6.84. The second-order valence-electron chi connectivity index (χ2n) is 5.56. The molecule has 0 aliphatic heterocycles. The zero-order valence-electron chi connectivity index (χ0n) is 15.2. The van der Waals surface area contributed by atoms with Gasteiger partial charge in [0.25, 0.3) is 0 Å². The van der Waals surface area contributed by atoms with Gasteiger partial charge in [-0.3, -0.25) is 0 Å². The minimum absolute atomic E-state index is 0. The number of ether oxygens (including phenoxy) is 2. The molecule has 0 spiro atoms. The van der Waals surface area contributed by atoms with Crippen LogP contribution in [0.15, 0.2) is 24.3 Å². The van der Waals surface area contributed by atoms with Crippen LogP contribution in [0.1, 0.15) is 51.3 Å². The minimum atomic E-state index is -0.374. The van der Waals surface area contributed by atoms with Crippen molar-refractivity contribution in [2.75, 3.05) is 13.2 Å². The van der Waals surface area contributed by atoms with Crippen LogP contribution in [0.5, 0.6) is 0 Å². The maximum atomic E-state index is 11.7. The summed E-state index contributed by atoms with van der Waals surface area (Å²) in [5.41, 5.74) is 0.872. The van der Waals surface area contributed by atoms with Crippen LogP contribution in [-0.2, 0) is 9.47 Å². The van der Waals surface area contributed by atoms with E-state index in [0.29, 0.717) is 36.2 Å². The molecule has 0 N–H and O–H groups in total. The third-order valence-corrected chi connectivity index (χ3v) is 2.45. The third kappa shape index (κ3) is 7.48. The van der Waals surface area contributed by atoms with Gasteiger partial charge in [-0.15, -0.1) is 0 Å². The third-order valence-electron chi connectivity index (χ3n) is 2.45. The molecule has 0 radical (unpaired) electrons. The Morgan fingerprint density at radius 3 is 1.38 bits per heavy atom. The summed E-state index contributed by atoms with van der Waals surface area (Å²) in [6, 6.07) is 6.31. The predicted octanol–water partition coefficient (Wildman–Crippen LogP) is 3.16. The van der Waals surface area contributed by atoms with Gasteiger partial charge in [-0.25, -0.2) is 9.59 Å². The van der Waals surface area contributed by atoms with E-state index in [9.17, 15) is 9.59 Å². The van der Waals surface area contributed by atoms with Gasteiger partial charge in [0.2, 0.25) is 0 Å². The van der Waals surface area contributed by atoms with E-state index in [-0.39, 0.29) is 37.8 Å². The van der Waals surface area contributed by atoms with E-state index in [2.05, 4.69) is 0 Å². The Kier molecular flexibility index (Phi) is 9.29. The van der Waals surface area contributed by atoms with Crippen molar-refractivity contribution in [3.63, 3.8) is 0 Å². The van der Waals surface area contributed by atoms with Gasteiger partial charge in [0.15, 0.2) is 0 Å². The van der Waals surface area contributed by atoms with Crippen LogP contribution in [0.3, 0.4) is 0 Å². The fraction of sp³-hybridized carbons (Fsp3) is 0.500. The molecule has 4 nitrogen and oxygen atoms in total. The molecular formula is C16H24MgO4. The van der Waals surface area contributed by atoms with Gasteiger partial charge < -0.3 is 12.3 Å². The van der Waals surface area contributed by atoms with Gasteiger partial charge in [0.1, 0.15) is 0 Å². The Bertz CT molecular complexity index is 419. The molecule has 0 aliphatic rings. The molecule has 5 heteroatoms. The summed E-state index contributed by atoms with van der Waals surface area (Å²) in [4.78, 5) is 23.4. The smallest absolute Gasteiger partial charge is 1.00 e. The Labute approximate surface area is 145 Å². The Balaban J connectivity index is -0.00000133. The van der Waals surface area contributed by atoms with Crippen LogP contribution in [-0.4, -0.2) is 48.2 Å². The SMILES string of the molecule is CC(C)COC(=O)c1ccc(C(=O)OCC(C)C)cc1.[H-].[H-].[Mg+2]. The van der Waals surface area contributed by atoms with Crippen molar-refractivity contribution in [3.8, 4) is 0 Å². The van der Waals surface area contributed by atoms with Crippen LogP contribution in [0.4, 0.5) is 0 Å². The molecular weight excluding hydrogens is 280 g/mol. The first-order valence-corrected chi connectivity index (χ1v) is 6.84. The van der Waals surface area contributed by atoms with E-state index in [1.807, 2.05) is 27.7 Å². The van der Waals surface area contributed by atoms with E-state index in [4.69, 9.17) is 9.47 Å². The Morgan fingerprint density at radius 2 is 1.14 bits per heavy atom. The van der Waals surface area contributed by atoms with Gasteiger partial charge in [0.05, 0.1) is 24.3 Å². The van der Waals surface area contributed by atoms with Gasteiger partial charge in [-0.2, -0.15) is 0 Å². The maximum Gasteiger partial charge on any atom is 2.00 e. The summed E-state index contributed by atoms with van der Waals surface area (Å²) in [5, 5.41) is 0. The van der Waals surface area contributed by atoms with E-state index in [1.165, 1.54) is 0 Å². The topological polar surface area (TPSA) is 52.6 Å². The number of carbonyl (C=O) groups is 2. The second-order valence-corrected chi connectivity index (χ2v) is 5.56. The number of hydrogen-bond acceptors (Lipinski definition) is 4. The van der Waals surface area contributed by atoms with Crippen LogP contribution >= 0.6 is 0 Å². The van der Waals surface area contributed by atoms with E-state index in [0.717, 1.165) is 0 Å². The van der Waals surface area contributed by atoms with Crippen molar-refractivity contribution in [2.24, 2.45) is 11.8 Å². The number of carbonyl (C=O) groups excluding carboxylic acids is 2. The first-order chi connectivity index (χ1) is 9.40. The van der Waals surface area contributed by atoms with E-state index < -0.39 is 0 Å². The van der Waals surface area contributed by atoms with Gasteiger partial charge in [0, 0.05) is 0 Å². The molecule has 0 amide bonds. The largest absolute Gasteiger partial charge is 2.00 e. The van der Waals surface area contributed by atoms with Crippen molar-refractivity contribution in [1.29, 1.82) is 0 Å². The van der Waals surface area contributed by atoms with Crippen LogP contribution in [0, 0.1) is 11.8 Å². The minimum Gasteiger partial charge on any atom is -1.00 e. The van der Waals surface area contributed by atoms with Crippen LogP contribution in [0.25, 0.3) is 0 Å². The quantitative estimate of drug-likeness (QED) is 0.598. The van der Waals surface area contributed by atoms with Gasteiger partial charge in [-0.05, 0) is 36.1 Å². The average Bonchev–Trinajstić information content (AvgIpc) is 2.42. The van der Waals surface area contributed by atoms with Crippen molar-refractivity contribution >= 4 is 35.0 Å². The summed E-state index contributed by atoms with van der Waals surface area (Å²) in [6.07, 6.45) is 0. The molecule has 0 unspecified atom stereocenters. The molecule has 0 bridgehead atoms. The van der Waals surface area contributed by atoms with E-state index >= 15 is 0 Å². The molecule has 0 heterocycles. The fourth-order valence-electron chi connectivity index (χ4n) is 1.39. The Hall–Kier alpha value is -1.07. The molecule has 114 valence electrons. The molecule has 1 aromatic rings. The predicted molar refractivity (Wildman–Crippen MR) is 84.7 cm³/mol. The maximum absolute atomic E-state index is 11.7. The monoisotopic (exact) mass is 304 g/mol. The summed E-state index contributed by atoms with van der Waals surface area (Å²) in [6.45, 7) is 8.67. The second kappa shape index (κ2) is 9.79. The zero-order chi connectivity index (χ0) is 15.1. The summed E-state index contributed by atoms with van der Waals surface area (Å²) < 4.78 is 10.2. The standard InChI is InChI=1S/C16H22O4.Mg.2H/c1-11(2)9-19-15(17)13-5-7-14(8-6-13)16(18)20-10-12(3)4;;;/h5-8,11-12H,9-10H2,1-4H3;;;/q;+2;2*-1. The average molecular weight is 305 g/mol. The van der Waals surface area contributed by atoms with Crippen LogP contribution in [0.2, 0.25) is 0 Å². The molecule has 1 aromatic carbocycles. The van der Waals surface area contributed by atoms with E-state index in [1.54, 1.807) is 24.3 Å². The van der Waals surface area contributed by atoms with Gasteiger partial charge in [-0.1, -0.05) is 27.7 Å². The van der Waals surface area contributed by atoms with Crippen molar-refractivity contribution < 1.29 is 21.9 Å². The fourth-order valence-corrected chi connectivity index (χ4v) is 1.39. The number of esters is 2. The number of rotatable bonds is 6. The van der Waals surface area contributed by atoms with Crippen molar-refractivity contribution in [1.82, 2.24) is 0 Å². The summed E-state index contributed by atoms with van der Waals surface area (Å²) in [7, 11) is 0. The molecule has 0 aromatic heterocycles. The van der Waals surface area contributed by atoms with Gasteiger partial charge >= 0.3 is 35.0 Å². The molecule has 0 atom stereocenters. The summed E-state index contributed by atoms with van der Waals surface area (Å²) >= 11 is 0. The molecule has 0 aliphatic carbocycles. The number of hydrogen-bond donors (Lipinski definition) is 0. The summed E-state index contributed by atoms with van der Waals surface area (Å²) in [5.74, 6) is -0.157. The van der Waals surface area contributed by atoms with Crippen LogP contribution < -0.4 is 0 Å². The normalized spacial score (nSPS) is 10.2. The molecule has 0 saturated carbocycles. The zero-order valence-corrected chi connectivity index (χ0v) is 14.6. The molecule has 0 fully saturated rings. The molecule has 21 heavy (non-hydrogen) atoms. The first kappa shape index (κ1) is 19.9.